The molecule has 138 valence electrons. The molecule has 2 aliphatic rings. The topological polar surface area (TPSA) is 66.9 Å². The molecular formula is C18H26N2O4S. The maximum absolute atomic E-state index is 12.9. The summed E-state index contributed by atoms with van der Waals surface area (Å²) in [5.41, 5.74) is 0.453. The number of benzene rings is 1. The first-order chi connectivity index (χ1) is 12.0. The first-order valence-electron chi connectivity index (χ1n) is 9.03. The molecule has 2 aliphatic heterocycles. The number of piperidine rings is 1. The van der Waals surface area contributed by atoms with Gasteiger partial charge in [0.15, 0.2) is 0 Å². The summed E-state index contributed by atoms with van der Waals surface area (Å²) >= 11 is 0. The van der Waals surface area contributed by atoms with Crippen molar-refractivity contribution in [3.63, 3.8) is 0 Å². The van der Waals surface area contributed by atoms with Crippen molar-refractivity contribution < 1.29 is 17.9 Å². The molecule has 0 aromatic heterocycles. The quantitative estimate of drug-likeness (QED) is 0.819. The van der Waals surface area contributed by atoms with E-state index in [2.05, 4.69) is 6.92 Å². The van der Waals surface area contributed by atoms with Gasteiger partial charge in [-0.3, -0.25) is 4.79 Å². The van der Waals surface area contributed by atoms with Gasteiger partial charge < -0.3 is 9.64 Å². The number of rotatable bonds is 4. The second-order valence-electron chi connectivity index (χ2n) is 6.60. The number of likely N-dealkylation sites (tertiary alicyclic amines) is 1. The molecule has 1 aromatic rings. The highest BCUT2D eigenvalue weighted by atomic mass is 32.2. The van der Waals surface area contributed by atoms with Crippen molar-refractivity contribution in [3.05, 3.63) is 29.8 Å². The number of sulfonamides is 1. The third kappa shape index (κ3) is 3.88. The highest BCUT2D eigenvalue weighted by Gasteiger charge is 2.29. The summed E-state index contributed by atoms with van der Waals surface area (Å²) in [6, 6.07) is 6.71. The van der Waals surface area contributed by atoms with Gasteiger partial charge in [0.1, 0.15) is 0 Å². The fourth-order valence-electron chi connectivity index (χ4n) is 3.58. The molecular weight excluding hydrogens is 340 g/mol. The number of nitrogens with zero attached hydrogens (tertiary/aromatic N) is 2. The third-order valence-corrected chi connectivity index (χ3v) is 6.94. The summed E-state index contributed by atoms with van der Waals surface area (Å²) in [6.45, 7) is 4.36. The lowest BCUT2D eigenvalue weighted by Gasteiger charge is -2.35. The van der Waals surface area contributed by atoms with Crippen LogP contribution in [0.2, 0.25) is 0 Å². The van der Waals surface area contributed by atoms with Crippen LogP contribution in [0.25, 0.3) is 0 Å². The van der Waals surface area contributed by atoms with Crippen molar-refractivity contribution in [1.29, 1.82) is 0 Å². The lowest BCUT2D eigenvalue weighted by Crippen LogP contribution is -2.43. The van der Waals surface area contributed by atoms with E-state index in [0.717, 1.165) is 32.2 Å². The minimum absolute atomic E-state index is 0.0643. The van der Waals surface area contributed by atoms with Crippen LogP contribution in [0.5, 0.6) is 0 Å². The monoisotopic (exact) mass is 366 g/mol. The second-order valence-corrected chi connectivity index (χ2v) is 8.54. The van der Waals surface area contributed by atoms with Crippen molar-refractivity contribution in [3.8, 4) is 0 Å². The zero-order valence-electron chi connectivity index (χ0n) is 14.7. The van der Waals surface area contributed by atoms with Crippen LogP contribution in [0.4, 0.5) is 0 Å². The number of carbonyl (C=O) groups excluding carboxylic acids is 1. The van der Waals surface area contributed by atoms with Gasteiger partial charge in [0.25, 0.3) is 5.91 Å². The van der Waals surface area contributed by atoms with Gasteiger partial charge in [-0.2, -0.15) is 4.31 Å². The van der Waals surface area contributed by atoms with Crippen LogP contribution in [-0.4, -0.2) is 62.4 Å². The Kier molecular flexibility index (Phi) is 5.76. The van der Waals surface area contributed by atoms with E-state index in [-0.39, 0.29) is 16.8 Å². The summed E-state index contributed by atoms with van der Waals surface area (Å²) in [4.78, 5) is 15.0. The minimum Gasteiger partial charge on any atom is -0.379 e. The van der Waals surface area contributed by atoms with Crippen molar-refractivity contribution >= 4 is 15.9 Å². The molecule has 3 rings (SSSR count). The van der Waals surface area contributed by atoms with E-state index in [0.29, 0.717) is 31.9 Å². The van der Waals surface area contributed by atoms with Gasteiger partial charge in [-0.1, -0.05) is 13.0 Å². The molecule has 0 radical (unpaired) electrons. The van der Waals surface area contributed by atoms with Crippen LogP contribution in [0.15, 0.2) is 29.2 Å². The number of amides is 1. The van der Waals surface area contributed by atoms with Crippen molar-refractivity contribution in [2.75, 3.05) is 32.8 Å². The maximum atomic E-state index is 12.9. The Morgan fingerprint density at radius 1 is 1.20 bits per heavy atom. The number of hydrogen-bond donors (Lipinski definition) is 0. The molecule has 0 aliphatic carbocycles. The van der Waals surface area contributed by atoms with Crippen molar-refractivity contribution in [2.24, 2.45) is 0 Å². The molecule has 2 heterocycles. The number of carbonyl (C=O) groups is 1. The lowest BCUT2D eigenvalue weighted by molar-refractivity contribution is 0.0607. The molecule has 1 atom stereocenters. The second kappa shape index (κ2) is 7.85. The molecule has 1 amide bonds. The van der Waals surface area contributed by atoms with Gasteiger partial charge in [0.2, 0.25) is 10.0 Å². The Bertz CT molecular complexity index is 714. The number of hydrogen-bond acceptors (Lipinski definition) is 4. The van der Waals surface area contributed by atoms with E-state index < -0.39 is 10.0 Å². The molecule has 25 heavy (non-hydrogen) atoms. The zero-order chi connectivity index (χ0) is 17.9. The zero-order valence-corrected chi connectivity index (χ0v) is 15.5. The average Bonchev–Trinajstić information content (AvgIpc) is 2.68. The smallest absolute Gasteiger partial charge is 0.254 e. The lowest BCUT2D eigenvalue weighted by atomic mass is 9.99. The summed E-state index contributed by atoms with van der Waals surface area (Å²) in [7, 11) is -3.59. The van der Waals surface area contributed by atoms with E-state index >= 15 is 0 Å². The predicted octanol–water partition coefficient (Wildman–Crippen LogP) is 2.11. The largest absolute Gasteiger partial charge is 0.379 e. The Morgan fingerprint density at radius 2 is 1.96 bits per heavy atom. The van der Waals surface area contributed by atoms with Crippen molar-refractivity contribution in [1.82, 2.24) is 9.21 Å². The SMILES string of the molecule is CC[C@@H]1CCCCN1C(=O)c1cccc(S(=O)(=O)N2CCOCC2)c1. The van der Waals surface area contributed by atoms with Crippen molar-refractivity contribution in [2.45, 2.75) is 43.5 Å². The van der Waals surface area contributed by atoms with E-state index in [1.165, 1.54) is 10.4 Å². The minimum atomic E-state index is -3.59. The normalized spacial score (nSPS) is 22.8. The van der Waals surface area contributed by atoms with Gasteiger partial charge >= 0.3 is 0 Å². The Balaban J connectivity index is 1.84. The highest BCUT2D eigenvalue weighted by molar-refractivity contribution is 7.89. The highest BCUT2D eigenvalue weighted by Crippen LogP contribution is 2.24. The summed E-state index contributed by atoms with van der Waals surface area (Å²) in [5, 5.41) is 0. The van der Waals surface area contributed by atoms with E-state index in [9.17, 15) is 13.2 Å². The number of morpholine rings is 1. The molecule has 0 saturated carbocycles. The van der Waals surface area contributed by atoms with E-state index in [1.54, 1.807) is 18.2 Å². The van der Waals surface area contributed by atoms with Gasteiger partial charge in [0.05, 0.1) is 18.1 Å². The molecule has 7 heteroatoms. The maximum Gasteiger partial charge on any atom is 0.254 e. The van der Waals surface area contributed by atoms with Gasteiger partial charge in [-0.15, -0.1) is 0 Å². The van der Waals surface area contributed by atoms with Gasteiger partial charge in [-0.05, 0) is 43.9 Å². The Labute approximate surface area is 149 Å². The van der Waals surface area contributed by atoms with E-state index in [1.807, 2.05) is 4.90 Å². The summed E-state index contributed by atoms with van der Waals surface area (Å²) < 4.78 is 32.3. The first-order valence-corrected chi connectivity index (χ1v) is 10.5. The molecule has 0 spiro atoms. The predicted molar refractivity (Wildman–Crippen MR) is 95.0 cm³/mol. The van der Waals surface area contributed by atoms with Crippen LogP contribution in [0.3, 0.4) is 0 Å². The molecule has 1 aromatic carbocycles. The molecule has 2 saturated heterocycles. The third-order valence-electron chi connectivity index (χ3n) is 5.05. The van der Waals surface area contributed by atoms with Crippen LogP contribution >= 0.6 is 0 Å². The van der Waals surface area contributed by atoms with Crippen LogP contribution in [-0.2, 0) is 14.8 Å². The molecule has 0 N–H and O–H groups in total. The van der Waals surface area contributed by atoms with Crippen LogP contribution < -0.4 is 0 Å². The van der Waals surface area contributed by atoms with Gasteiger partial charge in [0, 0.05) is 31.2 Å². The standard InChI is InChI=1S/C18H26N2O4S/c1-2-16-7-3-4-9-20(16)18(21)15-6-5-8-17(14-15)25(22,23)19-10-12-24-13-11-19/h5-6,8,14,16H,2-4,7,9-13H2,1H3/t16-/m1/s1. The summed E-state index contributed by atoms with van der Waals surface area (Å²) in [6.07, 6.45) is 4.10. The Hall–Kier alpha value is -1.44. The summed E-state index contributed by atoms with van der Waals surface area (Å²) in [5.74, 6) is -0.0643. The fourth-order valence-corrected chi connectivity index (χ4v) is 5.04. The number of ether oxygens (including phenoxy) is 1. The molecule has 6 nitrogen and oxygen atoms in total. The van der Waals surface area contributed by atoms with Gasteiger partial charge in [-0.25, -0.2) is 8.42 Å². The average molecular weight is 366 g/mol. The molecule has 2 fully saturated rings. The fraction of sp³-hybridized carbons (Fsp3) is 0.611. The van der Waals surface area contributed by atoms with E-state index in [4.69, 9.17) is 4.74 Å². The molecule has 0 bridgehead atoms. The van der Waals surface area contributed by atoms with Crippen LogP contribution in [0.1, 0.15) is 43.0 Å². The molecule has 0 unspecified atom stereocenters. The Morgan fingerprint density at radius 3 is 2.68 bits per heavy atom. The first kappa shape index (κ1) is 18.4. The van der Waals surface area contributed by atoms with Crippen LogP contribution in [0, 0.1) is 0 Å².